The van der Waals surface area contributed by atoms with Crippen LogP contribution in [0.2, 0.25) is 0 Å². The van der Waals surface area contributed by atoms with Crippen LogP contribution in [0.3, 0.4) is 0 Å². The Bertz CT molecular complexity index is 764. The summed E-state index contributed by atoms with van der Waals surface area (Å²) in [7, 11) is 0. The zero-order valence-electron chi connectivity index (χ0n) is 15.7. The van der Waals surface area contributed by atoms with Gasteiger partial charge < -0.3 is 14.8 Å². The molecular weight excluding hydrogens is 342 g/mol. The number of anilines is 1. The lowest BCUT2D eigenvalue weighted by Gasteiger charge is -2.06. The molecule has 5 nitrogen and oxygen atoms in total. The van der Waals surface area contributed by atoms with Crippen LogP contribution in [0, 0.1) is 0 Å². The SMILES string of the molecule is CCCCOC(=O)c1ccc(NC(=O)/C=C/c2ccc(OCC)cc2)cc1. The van der Waals surface area contributed by atoms with E-state index in [1.807, 2.05) is 38.1 Å². The Kier molecular flexibility index (Phi) is 8.10. The smallest absolute Gasteiger partial charge is 0.338 e. The van der Waals surface area contributed by atoms with Crippen molar-refractivity contribution in [2.45, 2.75) is 26.7 Å². The number of amides is 1. The highest BCUT2D eigenvalue weighted by Gasteiger charge is 2.07. The van der Waals surface area contributed by atoms with Crippen molar-refractivity contribution in [1.29, 1.82) is 0 Å². The van der Waals surface area contributed by atoms with E-state index >= 15 is 0 Å². The van der Waals surface area contributed by atoms with Crippen molar-refractivity contribution in [3.63, 3.8) is 0 Å². The minimum Gasteiger partial charge on any atom is -0.494 e. The fourth-order valence-electron chi connectivity index (χ4n) is 2.28. The monoisotopic (exact) mass is 367 g/mol. The summed E-state index contributed by atoms with van der Waals surface area (Å²) in [5.74, 6) is 0.200. The van der Waals surface area contributed by atoms with Crippen molar-refractivity contribution in [3.05, 3.63) is 65.7 Å². The summed E-state index contributed by atoms with van der Waals surface area (Å²) in [6.45, 7) is 5.01. The van der Waals surface area contributed by atoms with Crippen LogP contribution in [-0.4, -0.2) is 25.1 Å². The maximum Gasteiger partial charge on any atom is 0.338 e. The van der Waals surface area contributed by atoms with Gasteiger partial charge in [0, 0.05) is 11.8 Å². The Balaban J connectivity index is 1.87. The molecule has 0 heterocycles. The number of benzene rings is 2. The van der Waals surface area contributed by atoms with E-state index in [-0.39, 0.29) is 11.9 Å². The van der Waals surface area contributed by atoms with Gasteiger partial charge in [-0.1, -0.05) is 25.5 Å². The Labute approximate surface area is 160 Å². The first-order valence-corrected chi connectivity index (χ1v) is 9.11. The summed E-state index contributed by atoms with van der Waals surface area (Å²) < 4.78 is 10.5. The highest BCUT2D eigenvalue weighted by atomic mass is 16.5. The number of hydrogen-bond donors (Lipinski definition) is 1. The topological polar surface area (TPSA) is 64.6 Å². The fourth-order valence-corrected chi connectivity index (χ4v) is 2.28. The molecule has 0 saturated heterocycles. The summed E-state index contributed by atoms with van der Waals surface area (Å²) in [5.41, 5.74) is 1.98. The van der Waals surface area contributed by atoms with Crippen LogP contribution in [-0.2, 0) is 9.53 Å². The van der Waals surface area contributed by atoms with Crippen LogP contribution >= 0.6 is 0 Å². The first-order valence-electron chi connectivity index (χ1n) is 9.11. The van der Waals surface area contributed by atoms with E-state index in [0.29, 0.717) is 24.5 Å². The molecule has 0 atom stereocenters. The normalized spacial score (nSPS) is 10.6. The number of hydrogen-bond acceptors (Lipinski definition) is 4. The van der Waals surface area contributed by atoms with Gasteiger partial charge in [-0.15, -0.1) is 0 Å². The molecule has 2 aromatic rings. The van der Waals surface area contributed by atoms with Gasteiger partial charge in [-0.2, -0.15) is 0 Å². The molecule has 0 bridgehead atoms. The van der Waals surface area contributed by atoms with E-state index in [1.165, 1.54) is 6.08 Å². The first-order chi connectivity index (χ1) is 13.1. The number of ether oxygens (including phenoxy) is 2. The van der Waals surface area contributed by atoms with Crippen LogP contribution in [0.25, 0.3) is 6.08 Å². The summed E-state index contributed by atoms with van der Waals surface area (Å²) in [6.07, 6.45) is 5.01. The van der Waals surface area contributed by atoms with Crippen molar-refractivity contribution < 1.29 is 19.1 Å². The number of carbonyl (C=O) groups excluding carboxylic acids is 2. The largest absolute Gasteiger partial charge is 0.494 e. The third-order valence-electron chi connectivity index (χ3n) is 3.74. The van der Waals surface area contributed by atoms with Gasteiger partial charge in [0.2, 0.25) is 5.91 Å². The quantitative estimate of drug-likeness (QED) is 0.397. The average Bonchev–Trinajstić information content (AvgIpc) is 2.68. The maximum absolute atomic E-state index is 12.0. The van der Waals surface area contributed by atoms with Crippen molar-refractivity contribution in [3.8, 4) is 5.75 Å². The van der Waals surface area contributed by atoms with Crippen LogP contribution in [0.5, 0.6) is 5.75 Å². The van der Waals surface area contributed by atoms with Gasteiger partial charge in [0.25, 0.3) is 0 Å². The molecule has 0 unspecified atom stereocenters. The number of esters is 1. The van der Waals surface area contributed by atoms with E-state index in [0.717, 1.165) is 24.2 Å². The van der Waals surface area contributed by atoms with Crippen LogP contribution in [0.4, 0.5) is 5.69 Å². The summed E-state index contributed by atoms with van der Waals surface area (Å²) in [5, 5.41) is 2.76. The zero-order valence-corrected chi connectivity index (χ0v) is 15.7. The predicted molar refractivity (Wildman–Crippen MR) is 107 cm³/mol. The molecule has 1 amide bonds. The molecule has 0 aliphatic rings. The second kappa shape index (κ2) is 10.8. The highest BCUT2D eigenvalue weighted by Crippen LogP contribution is 2.14. The van der Waals surface area contributed by atoms with Gasteiger partial charge in [-0.05, 0) is 61.4 Å². The molecular formula is C22H25NO4. The Morgan fingerprint density at radius 1 is 1.00 bits per heavy atom. The average molecular weight is 367 g/mol. The Morgan fingerprint density at radius 2 is 1.70 bits per heavy atom. The van der Waals surface area contributed by atoms with Gasteiger partial charge in [0.15, 0.2) is 0 Å². The standard InChI is InChI=1S/C22H25NO4/c1-3-5-16-27-22(25)18-9-11-19(12-10-18)23-21(24)15-8-17-6-13-20(14-7-17)26-4-2/h6-15H,3-5,16H2,1-2H3,(H,23,24)/b15-8+. The maximum atomic E-state index is 12.0. The van der Waals surface area contributed by atoms with Crippen LogP contribution in [0.15, 0.2) is 54.6 Å². The molecule has 0 aliphatic carbocycles. The molecule has 5 heteroatoms. The summed E-state index contributed by atoms with van der Waals surface area (Å²) in [6, 6.07) is 14.1. The van der Waals surface area contributed by atoms with Crippen molar-refractivity contribution in [1.82, 2.24) is 0 Å². The van der Waals surface area contributed by atoms with Crippen molar-refractivity contribution >= 4 is 23.6 Å². The van der Waals surface area contributed by atoms with Crippen LogP contribution < -0.4 is 10.1 Å². The predicted octanol–water partition coefficient (Wildman–Crippen LogP) is 4.69. The number of unbranched alkanes of at least 4 members (excludes halogenated alkanes) is 1. The molecule has 0 aliphatic heterocycles. The Hall–Kier alpha value is -3.08. The molecule has 0 fully saturated rings. The number of nitrogens with one attached hydrogen (secondary N) is 1. The zero-order chi connectivity index (χ0) is 19.5. The lowest BCUT2D eigenvalue weighted by Crippen LogP contribution is -2.09. The molecule has 2 aromatic carbocycles. The summed E-state index contributed by atoms with van der Waals surface area (Å²) >= 11 is 0. The van der Waals surface area contributed by atoms with Crippen LogP contribution in [0.1, 0.15) is 42.6 Å². The second-order valence-corrected chi connectivity index (χ2v) is 5.89. The number of rotatable bonds is 9. The van der Waals surface area contributed by atoms with Gasteiger partial charge in [0.1, 0.15) is 5.75 Å². The van der Waals surface area contributed by atoms with E-state index in [9.17, 15) is 9.59 Å². The molecule has 0 spiro atoms. The highest BCUT2D eigenvalue weighted by molar-refractivity contribution is 6.02. The van der Waals surface area contributed by atoms with E-state index in [4.69, 9.17) is 9.47 Å². The van der Waals surface area contributed by atoms with Gasteiger partial charge in [-0.3, -0.25) is 4.79 Å². The van der Waals surface area contributed by atoms with Crippen molar-refractivity contribution in [2.75, 3.05) is 18.5 Å². The van der Waals surface area contributed by atoms with Gasteiger partial charge in [0.05, 0.1) is 18.8 Å². The number of carbonyl (C=O) groups is 2. The molecule has 0 aromatic heterocycles. The molecule has 27 heavy (non-hydrogen) atoms. The minimum absolute atomic E-state index is 0.248. The van der Waals surface area contributed by atoms with Crippen molar-refractivity contribution in [2.24, 2.45) is 0 Å². The molecule has 2 rings (SSSR count). The van der Waals surface area contributed by atoms with E-state index in [1.54, 1.807) is 30.3 Å². The third kappa shape index (κ3) is 6.98. The molecule has 142 valence electrons. The first kappa shape index (κ1) is 20.2. The lowest BCUT2D eigenvalue weighted by molar-refractivity contribution is -0.111. The lowest BCUT2D eigenvalue weighted by atomic mass is 10.2. The Morgan fingerprint density at radius 3 is 2.33 bits per heavy atom. The molecule has 0 radical (unpaired) electrons. The van der Waals surface area contributed by atoms with E-state index in [2.05, 4.69) is 5.32 Å². The van der Waals surface area contributed by atoms with E-state index < -0.39 is 0 Å². The molecule has 1 N–H and O–H groups in total. The van der Waals surface area contributed by atoms with Gasteiger partial charge >= 0.3 is 5.97 Å². The van der Waals surface area contributed by atoms with Gasteiger partial charge in [-0.25, -0.2) is 4.79 Å². The fraction of sp³-hybridized carbons (Fsp3) is 0.273. The summed E-state index contributed by atoms with van der Waals surface area (Å²) in [4.78, 5) is 23.9. The second-order valence-electron chi connectivity index (χ2n) is 5.89. The molecule has 0 saturated carbocycles. The minimum atomic E-state index is -0.350. The third-order valence-corrected chi connectivity index (χ3v) is 3.74.